The fraction of sp³-hybridized carbons (Fsp3) is 0.909. The average molecular weight is 261 g/mol. The first-order valence-corrected chi connectivity index (χ1v) is 8.00. The molecule has 0 bridgehead atoms. The third kappa shape index (κ3) is 5.39. The molecule has 1 aliphatic heterocycles. The molecule has 5 nitrogen and oxygen atoms in total. The molecule has 2 N–H and O–H groups in total. The molecule has 1 unspecified atom stereocenters. The van der Waals surface area contributed by atoms with Crippen LogP contribution in [0.1, 0.15) is 27.2 Å². The largest absolute Gasteiger partial charge is 0.357 e. The van der Waals surface area contributed by atoms with Gasteiger partial charge in [0.1, 0.15) is 0 Å². The van der Waals surface area contributed by atoms with Crippen LogP contribution in [0.25, 0.3) is 0 Å². The fourth-order valence-corrected chi connectivity index (χ4v) is 3.37. The molecule has 0 aliphatic carbocycles. The summed E-state index contributed by atoms with van der Waals surface area (Å²) >= 11 is 0. The van der Waals surface area contributed by atoms with E-state index in [1.807, 2.05) is 6.92 Å². The molecule has 0 saturated carbocycles. The molecule has 100 valence electrons. The predicted molar refractivity (Wildman–Crippen MR) is 71.0 cm³/mol. The Morgan fingerprint density at radius 3 is 2.65 bits per heavy atom. The predicted octanol–water partition coefficient (Wildman–Crippen LogP) is 0.385. The van der Waals surface area contributed by atoms with Crippen molar-refractivity contribution in [1.29, 1.82) is 0 Å². The maximum Gasteiger partial charge on any atom is 0.191 e. The minimum Gasteiger partial charge on any atom is -0.357 e. The Bertz CT molecular complexity index is 363. The van der Waals surface area contributed by atoms with E-state index in [0.29, 0.717) is 12.3 Å². The second-order valence-electron chi connectivity index (χ2n) is 4.86. The van der Waals surface area contributed by atoms with Crippen LogP contribution in [-0.4, -0.2) is 45.0 Å². The van der Waals surface area contributed by atoms with E-state index in [1.54, 1.807) is 0 Å². The lowest BCUT2D eigenvalue weighted by Gasteiger charge is -2.16. The van der Waals surface area contributed by atoms with Crippen molar-refractivity contribution in [3.63, 3.8) is 0 Å². The lowest BCUT2D eigenvalue weighted by molar-refractivity contribution is 0.599. The first kappa shape index (κ1) is 14.3. The minimum absolute atomic E-state index is 0.00459. The molecule has 6 heteroatoms. The number of rotatable bonds is 4. The van der Waals surface area contributed by atoms with Crippen molar-refractivity contribution >= 4 is 15.8 Å². The maximum absolute atomic E-state index is 11.3. The van der Waals surface area contributed by atoms with Crippen molar-refractivity contribution in [2.45, 2.75) is 33.2 Å². The normalized spacial score (nSPS) is 24.0. The highest BCUT2D eigenvalue weighted by atomic mass is 32.2. The highest BCUT2D eigenvalue weighted by Gasteiger charge is 2.28. The van der Waals surface area contributed by atoms with Gasteiger partial charge >= 0.3 is 0 Å². The Kier molecular flexibility index (Phi) is 5.24. The van der Waals surface area contributed by atoms with Gasteiger partial charge in [-0.15, -0.1) is 0 Å². The molecule has 17 heavy (non-hydrogen) atoms. The van der Waals surface area contributed by atoms with Gasteiger partial charge in [0.2, 0.25) is 0 Å². The van der Waals surface area contributed by atoms with Crippen LogP contribution in [0.5, 0.6) is 0 Å². The lowest BCUT2D eigenvalue weighted by atomic mass is 10.2. The van der Waals surface area contributed by atoms with Crippen molar-refractivity contribution in [2.24, 2.45) is 10.9 Å². The summed E-state index contributed by atoms with van der Waals surface area (Å²) in [6, 6.07) is 0.00459. The van der Waals surface area contributed by atoms with E-state index >= 15 is 0 Å². The second kappa shape index (κ2) is 6.23. The Morgan fingerprint density at radius 2 is 2.18 bits per heavy atom. The van der Waals surface area contributed by atoms with Gasteiger partial charge in [0, 0.05) is 19.1 Å². The molecular formula is C11H23N3O2S. The Hall–Kier alpha value is -0.780. The van der Waals surface area contributed by atoms with E-state index in [9.17, 15) is 8.42 Å². The van der Waals surface area contributed by atoms with Crippen LogP contribution in [-0.2, 0) is 9.84 Å². The van der Waals surface area contributed by atoms with Gasteiger partial charge in [-0.2, -0.15) is 0 Å². The highest BCUT2D eigenvalue weighted by Crippen LogP contribution is 2.10. The van der Waals surface area contributed by atoms with Gasteiger partial charge in [-0.1, -0.05) is 13.8 Å². The standard InChI is InChI=1S/C11H23N3O2S/c1-4-12-11(13-7-9(2)3)14-10-5-6-17(15,16)8-10/h9-10H,4-8H2,1-3H3,(H2,12,13,14). The first-order chi connectivity index (χ1) is 7.93. The molecule has 1 aliphatic rings. The number of aliphatic imine (C=N–C) groups is 1. The van der Waals surface area contributed by atoms with Gasteiger partial charge in [0.05, 0.1) is 11.5 Å². The molecule has 0 spiro atoms. The van der Waals surface area contributed by atoms with Crippen molar-refractivity contribution in [3.05, 3.63) is 0 Å². The van der Waals surface area contributed by atoms with Crippen LogP contribution in [0.3, 0.4) is 0 Å². The van der Waals surface area contributed by atoms with Crippen LogP contribution in [0.2, 0.25) is 0 Å². The molecule has 1 saturated heterocycles. The smallest absolute Gasteiger partial charge is 0.191 e. The topological polar surface area (TPSA) is 70.6 Å². The Labute approximate surface area is 104 Å². The zero-order valence-corrected chi connectivity index (χ0v) is 11.7. The number of nitrogens with zero attached hydrogens (tertiary/aromatic N) is 1. The van der Waals surface area contributed by atoms with Crippen LogP contribution in [0, 0.1) is 5.92 Å². The van der Waals surface area contributed by atoms with E-state index in [2.05, 4.69) is 29.5 Å². The monoisotopic (exact) mass is 261 g/mol. The minimum atomic E-state index is -2.83. The summed E-state index contributed by atoms with van der Waals surface area (Å²) < 4.78 is 22.7. The fourth-order valence-electron chi connectivity index (χ4n) is 1.70. The summed E-state index contributed by atoms with van der Waals surface area (Å²) in [4.78, 5) is 4.42. The third-order valence-corrected chi connectivity index (χ3v) is 4.30. The van der Waals surface area contributed by atoms with E-state index in [0.717, 1.165) is 19.0 Å². The number of hydrogen-bond acceptors (Lipinski definition) is 3. The molecule has 0 aromatic heterocycles. The highest BCUT2D eigenvalue weighted by molar-refractivity contribution is 7.91. The molecule has 1 atom stereocenters. The first-order valence-electron chi connectivity index (χ1n) is 6.18. The van der Waals surface area contributed by atoms with Crippen LogP contribution in [0.15, 0.2) is 4.99 Å². The third-order valence-electron chi connectivity index (χ3n) is 2.53. The molecule has 0 aromatic rings. The van der Waals surface area contributed by atoms with E-state index in [1.165, 1.54) is 0 Å². The van der Waals surface area contributed by atoms with Crippen molar-refractivity contribution in [3.8, 4) is 0 Å². The Morgan fingerprint density at radius 1 is 1.47 bits per heavy atom. The second-order valence-corrected chi connectivity index (χ2v) is 7.09. The Balaban J connectivity index is 2.52. The lowest BCUT2D eigenvalue weighted by Crippen LogP contribution is -2.44. The number of nitrogens with one attached hydrogen (secondary N) is 2. The molecular weight excluding hydrogens is 238 g/mol. The van der Waals surface area contributed by atoms with Crippen LogP contribution < -0.4 is 10.6 Å². The summed E-state index contributed by atoms with van der Waals surface area (Å²) in [6.45, 7) is 7.73. The van der Waals surface area contributed by atoms with Crippen LogP contribution >= 0.6 is 0 Å². The summed E-state index contributed by atoms with van der Waals surface area (Å²) in [5, 5.41) is 6.32. The van der Waals surface area contributed by atoms with E-state index in [-0.39, 0.29) is 17.5 Å². The van der Waals surface area contributed by atoms with Crippen molar-refractivity contribution < 1.29 is 8.42 Å². The maximum atomic E-state index is 11.3. The summed E-state index contributed by atoms with van der Waals surface area (Å²) in [7, 11) is -2.83. The van der Waals surface area contributed by atoms with Gasteiger partial charge in [0.25, 0.3) is 0 Å². The molecule has 1 rings (SSSR count). The van der Waals surface area contributed by atoms with Crippen molar-refractivity contribution in [1.82, 2.24) is 10.6 Å². The van der Waals surface area contributed by atoms with Gasteiger partial charge in [-0.3, -0.25) is 4.99 Å². The van der Waals surface area contributed by atoms with Gasteiger partial charge in [-0.25, -0.2) is 8.42 Å². The van der Waals surface area contributed by atoms with Crippen molar-refractivity contribution in [2.75, 3.05) is 24.6 Å². The van der Waals surface area contributed by atoms with Gasteiger partial charge in [0.15, 0.2) is 15.8 Å². The number of sulfone groups is 1. The molecule has 1 heterocycles. The molecule has 0 radical (unpaired) electrons. The summed E-state index contributed by atoms with van der Waals surface area (Å²) in [5.74, 6) is 1.73. The summed E-state index contributed by atoms with van der Waals surface area (Å²) in [5.41, 5.74) is 0. The van der Waals surface area contributed by atoms with E-state index < -0.39 is 9.84 Å². The molecule has 0 aromatic carbocycles. The quantitative estimate of drug-likeness (QED) is 0.567. The SMILES string of the molecule is CCNC(=NCC(C)C)NC1CCS(=O)(=O)C1. The number of guanidine groups is 1. The molecule has 1 fully saturated rings. The molecule has 0 amide bonds. The van der Waals surface area contributed by atoms with Gasteiger partial charge in [-0.05, 0) is 19.3 Å². The summed E-state index contributed by atoms with van der Waals surface area (Å²) in [6.07, 6.45) is 0.675. The van der Waals surface area contributed by atoms with Gasteiger partial charge < -0.3 is 10.6 Å². The number of hydrogen-bond donors (Lipinski definition) is 2. The average Bonchev–Trinajstić information content (AvgIpc) is 2.55. The zero-order chi connectivity index (χ0) is 12.9. The van der Waals surface area contributed by atoms with Crippen LogP contribution in [0.4, 0.5) is 0 Å². The van der Waals surface area contributed by atoms with E-state index in [4.69, 9.17) is 0 Å². The zero-order valence-electron chi connectivity index (χ0n) is 10.9.